The molecule has 0 radical (unpaired) electrons. The van der Waals surface area contributed by atoms with Gasteiger partial charge in [-0.3, -0.25) is 4.79 Å². The van der Waals surface area contributed by atoms with Crippen molar-refractivity contribution < 1.29 is 9.53 Å². The molecule has 1 aliphatic heterocycles. The van der Waals surface area contributed by atoms with E-state index in [1.165, 1.54) is 6.42 Å². The number of nitrogens with one attached hydrogen (secondary N) is 1. The van der Waals surface area contributed by atoms with E-state index in [0.717, 1.165) is 36.5 Å². The maximum Gasteiger partial charge on any atom is 0.132 e. The lowest BCUT2D eigenvalue weighted by Gasteiger charge is -2.31. The molecular formula is C18H26ClNO2. The largest absolute Gasteiger partial charge is 0.373 e. The van der Waals surface area contributed by atoms with E-state index in [9.17, 15) is 4.79 Å². The summed E-state index contributed by atoms with van der Waals surface area (Å²) in [6, 6.07) is 7.95. The summed E-state index contributed by atoms with van der Waals surface area (Å²) < 4.78 is 6.17. The lowest BCUT2D eigenvalue weighted by atomic mass is 9.89. The predicted molar refractivity (Wildman–Crippen MR) is 90.3 cm³/mol. The quantitative estimate of drug-likeness (QED) is 0.730. The Morgan fingerprint density at radius 1 is 1.50 bits per heavy atom. The second-order valence-electron chi connectivity index (χ2n) is 5.95. The number of Topliss-reactive ketones (excluding diaryl/α,β-unsaturated/α-hetero) is 1. The molecule has 122 valence electrons. The topological polar surface area (TPSA) is 38.3 Å². The van der Waals surface area contributed by atoms with Gasteiger partial charge in [0.05, 0.1) is 6.10 Å². The Labute approximate surface area is 138 Å². The fourth-order valence-electron chi connectivity index (χ4n) is 2.98. The molecule has 1 heterocycles. The van der Waals surface area contributed by atoms with Crippen LogP contribution in [0.25, 0.3) is 0 Å². The molecule has 2 rings (SSSR count). The molecule has 4 heteroatoms. The molecular weight excluding hydrogens is 298 g/mol. The van der Waals surface area contributed by atoms with E-state index in [1.807, 2.05) is 25.1 Å². The first kappa shape index (κ1) is 17.5. The molecule has 0 aromatic heterocycles. The molecule has 1 saturated heterocycles. The van der Waals surface area contributed by atoms with Crippen LogP contribution in [0.4, 0.5) is 0 Å². The third kappa shape index (κ3) is 5.38. The fourth-order valence-corrected chi connectivity index (χ4v) is 3.18. The van der Waals surface area contributed by atoms with Crippen LogP contribution in [0.3, 0.4) is 0 Å². The molecule has 1 aromatic carbocycles. The van der Waals surface area contributed by atoms with E-state index in [4.69, 9.17) is 16.3 Å². The smallest absolute Gasteiger partial charge is 0.132 e. The van der Waals surface area contributed by atoms with Crippen molar-refractivity contribution in [1.29, 1.82) is 0 Å². The number of ether oxygens (including phenoxy) is 1. The van der Waals surface area contributed by atoms with Gasteiger partial charge >= 0.3 is 0 Å². The molecule has 0 bridgehead atoms. The Morgan fingerprint density at radius 2 is 2.36 bits per heavy atom. The van der Waals surface area contributed by atoms with Crippen LogP contribution in [0.2, 0.25) is 5.02 Å². The van der Waals surface area contributed by atoms with Crippen molar-refractivity contribution in [1.82, 2.24) is 5.32 Å². The highest BCUT2D eigenvalue weighted by molar-refractivity contribution is 6.30. The molecule has 3 nitrogen and oxygen atoms in total. The van der Waals surface area contributed by atoms with Crippen LogP contribution in [-0.4, -0.2) is 25.5 Å². The SMILES string of the molecule is CCC(=O)CCCO[C@@H](c1cccc(Cl)c1)C1CCCNC1. The summed E-state index contributed by atoms with van der Waals surface area (Å²) in [5, 5.41) is 4.20. The number of ketones is 1. The summed E-state index contributed by atoms with van der Waals surface area (Å²) in [7, 11) is 0. The van der Waals surface area contributed by atoms with Crippen molar-refractivity contribution >= 4 is 17.4 Å². The molecule has 1 N–H and O–H groups in total. The predicted octanol–water partition coefficient (Wildman–Crippen LogP) is 4.16. The highest BCUT2D eigenvalue weighted by atomic mass is 35.5. The van der Waals surface area contributed by atoms with Crippen LogP contribution in [0.1, 0.15) is 50.7 Å². The van der Waals surface area contributed by atoms with Crippen molar-refractivity contribution in [3.8, 4) is 0 Å². The molecule has 0 saturated carbocycles. The van der Waals surface area contributed by atoms with Crippen molar-refractivity contribution in [3.63, 3.8) is 0 Å². The number of carbonyl (C=O) groups excluding carboxylic acids is 1. The highest BCUT2D eigenvalue weighted by Gasteiger charge is 2.25. The maximum absolute atomic E-state index is 11.4. The van der Waals surface area contributed by atoms with Gasteiger partial charge in [-0.2, -0.15) is 0 Å². The van der Waals surface area contributed by atoms with Crippen LogP contribution >= 0.6 is 11.6 Å². The van der Waals surface area contributed by atoms with Crippen molar-refractivity contribution in [2.45, 2.75) is 45.1 Å². The van der Waals surface area contributed by atoms with E-state index < -0.39 is 0 Å². The average molecular weight is 324 g/mol. The molecule has 1 unspecified atom stereocenters. The number of piperidine rings is 1. The summed E-state index contributed by atoms with van der Waals surface area (Å²) >= 11 is 6.13. The third-order valence-electron chi connectivity index (χ3n) is 4.23. The molecule has 1 fully saturated rings. The first-order valence-electron chi connectivity index (χ1n) is 8.30. The Balaban J connectivity index is 1.97. The molecule has 0 spiro atoms. The zero-order valence-corrected chi connectivity index (χ0v) is 14.1. The van der Waals surface area contributed by atoms with Gasteiger partial charge in [-0.15, -0.1) is 0 Å². The molecule has 22 heavy (non-hydrogen) atoms. The Bertz CT molecular complexity index is 472. The van der Waals surface area contributed by atoms with Crippen LogP contribution in [0, 0.1) is 5.92 Å². The van der Waals surface area contributed by atoms with Crippen molar-refractivity contribution in [2.24, 2.45) is 5.92 Å². The van der Waals surface area contributed by atoms with Gasteiger partial charge < -0.3 is 10.1 Å². The van der Waals surface area contributed by atoms with Crippen molar-refractivity contribution in [2.75, 3.05) is 19.7 Å². The summed E-state index contributed by atoms with van der Waals surface area (Å²) in [6.45, 7) is 4.60. The van der Waals surface area contributed by atoms with Crippen LogP contribution in [0.5, 0.6) is 0 Å². The van der Waals surface area contributed by atoms with Gasteiger partial charge in [-0.1, -0.05) is 30.7 Å². The van der Waals surface area contributed by atoms with Crippen LogP contribution in [-0.2, 0) is 9.53 Å². The van der Waals surface area contributed by atoms with Gasteiger partial charge in [0.15, 0.2) is 0 Å². The minimum absolute atomic E-state index is 0.0585. The van der Waals surface area contributed by atoms with E-state index in [0.29, 0.717) is 31.1 Å². The lowest BCUT2D eigenvalue weighted by Crippen LogP contribution is -2.34. The fraction of sp³-hybridized carbons (Fsp3) is 0.611. The third-order valence-corrected chi connectivity index (χ3v) is 4.47. The molecule has 0 amide bonds. The summed E-state index contributed by atoms with van der Waals surface area (Å²) in [6.07, 6.45) is 4.43. The number of halogens is 1. The zero-order valence-electron chi connectivity index (χ0n) is 13.3. The molecule has 2 atom stereocenters. The van der Waals surface area contributed by atoms with Gasteiger partial charge in [-0.25, -0.2) is 0 Å². The second-order valence-corrected chi connectivity index (χ2v) is 6.39. The highest BCUT2D eigenvalue weighted by Crippen LogP contribution is 2.32. The Hall–Kier alpha value is -0.900. The van der Waals surface area contributed by atoms with Gasteiger partial charge in [0.25, 0.3) is 0 Å². The van der Waals surface area contributed by atoms with E-state index >= 15 is 0 Å². The van der Waals surface area contributed by atoms with Crippen LogP contribution in [0.15, 0.2) is 24.3 Å². The molecule has 1 aromatic rings. The van der Waals surface area contributed by atoms with Crippen LogP contribution < -0.4 is 5.32 Å². The maximum atomic E-state index is 11.4. The number of rotatable bonds is 8. The van der Waals surface area contributed by atoms with Gasteiger partial charge in [0.1, 0.15) is 5.78 Å². The lowest BCUT2D eigenvalue weighted by molar-refractivity contribution is -0.119. The zero-order chi connectivity index (χ0) is 15.8. The first-order chi connectivity index (χ1) is 10.7. The van der Waals surface area contributed by atoms with E-state index in [-0.39, 0.29) is 6.10 Å². The van der Waals surface area contributed by atoms with E-state index in [2.05, 4.69) is 11.4 Å². The number of carbonyl (C=O) groups is 1. The van der Waals surface area contributed by atoms with Gasteiger partial charge in [0.2, 0.25) is 0 Å². The first-order valence-corrected chi connectivity index (χ1v) is 8.68. The minimum atomic E-state index is 0.0585. The summed E-state index contributed by atoms with van der Waals surface area (Å²) in [5.74, 6) is 0.774. The number of hydrogen-bond donors (Lipinski definition) is 1. The number of benzene rings is 1. The molecule has 0 aliphatic carbocycles. The minimum Gasteiger partial charge on any atom is -0.373 e. The Kier molecular flexibility index (Phi) is 7.37. The summed E-state index contributed by atoms with van der Waals surface area (Å²) in [4.78, 5) is 11.4. The monoisotopic (exact) mass is 323 g/mol. The second kappa shape index (κ2) is 9.29. The average Bonchev–Trinajstić information content (AvgIpc) is 2.55. The van der Waals surface area contributed by atoms with Gasteiger partial charge in [0, 0.05) is 36.9 Å². The standard InChI is InChI=1S/C18H26ClNO2/c1-2-17(21)9-5-11-22-18(15-7-4-10-20-13-15)14-6-3-8-16(19)12-14/h3,6,8,12,15,18,20H,2,4-5,7,9-11,13H2,1H3/t15?,18-/m0/s1. The summed E-state index contributed by atoms with van der Waals surface area (Å²) in [5.41, 5.74) is 1.14. The number of hydrogen-bond acceptors (Lipinski definition) is 3. The normalized spacial score (nSPS) is 19.8. The van der Waals surface area contributed by atoms with Gasteiger partial charge in [-0.05, 0) is 43.5 Å². The van der Waals surface area contributed by atoms with E-state index in [1.54, 1.807) is 0 Å². The van der Waals surface area contributed by atoms with Crippen molar-refractivity contribution in [3.05, 3.63) is 34.9 Å². The Morgan fingerprint density at radius 3 is 3.05 bits per heavy atom. The molecule has 1 aliphatic rings.